The molecule has 1 saturated heterocycles. The predicted molar refractivity (Wildman–Crippen MR) is 108 cm³/mol. The Morgan fingerprint density at radius 1 is 1.17 bits per heavy atom. The van der Waals surface area contributed by atoms with Crippen molar-refractivity contribution in [3.63, 3.8) is 0 Å². The van der Waals surface area contributed by atoms with Gasteiger partial charge in [0.1, 0.15) is 6.29 Å². The van der Waals surface area contributed by atoms with Crippen LogP contribution in [0.5, 0.6) is 0 Å². The van der Waals surface area contributed by atoms with E-state index in [0.717, 1.165) is 72.8 Å². The van der Waals surface area contributed by atoms with Crippen molar-refractivity contribution >= 4 is 23.5 Å². The van der Waals surface area contributed by atoms with Crippen LogP contribution in [0.3, 0.4) is 0 Å². The molecule has 5 rings (SSSR count). The van der Waals surface area contributed by atoms with E-state index in [0.29, 0.717) is 24.7 Å². The molecule has 0 N–H and O–H groups in total. The maximum absolute atomic E-state index is 11.6. The summed E-state index contributed by atoms with van der Waals surface area (Å²) in [6.45, 7) is 2.71. The molecule has 148 valence electrons. The minimum atomic E-state index is 0.299. The number of hydrogen-bond donors (Lipinski definition) is 0. The topological polar surface area (TPSA) is 77.3 Å². The van der Waals surface area contributed by atoms with Gasteiger partial charge in [-0.05, 0) is 36.4 Å². The van der Waals surface area contributed by atoms with Crippen molar-refractivity contribution in [3.8, 4) is 11.3 Å². The van der Waals surface area contributed by atoms with Gasteiger partial charge in [-0.1, -0.05) is 0 Å². The van der Waals surface area contributed by atoms with E-state index < -0.39 is 0 Å². The molecule has 1 aromatic carbocycles. The average Bonchev–Trinajstić information content (AvgIpc) is 3.17. The second kappa shape index (κ2) is 7.40. The van der Waals surface area contributed by atoms with Gasteiger partial charge in [0.15, 0.2) is 0 Å². The summed E-state index contributed by atoms with van der Waals surface area (Å²) in [4.78, 5) is 29.1. The highest BCUT2D eigenvalue weighted by molar-refractivity contribution is 5.99. The van der Waals surface area contributed by atoms with Crippen LogP contribution in [0, 0.1) is 0 Å². The summed E-state index contributed by atoms with van der Waals surface area (Å²) >= 11 is 0. The highest BCUT2D eigenvalue weighted by Crippen LogP contribution is 2.37. The SMILES string of the molecule is O=Cc1cc(-c2nn(C3CCOCC3)c3c2CN(C=O)CC3)c2cnccc2c1. The van der Waals surface area contributed by atoms with Crippen LogP contribution in [-0.4, -0.2) is 52.1 Å². The first-order valence-corrected chi connectivity index (χ1v) is 9.99. The summed E-state index contributed by atoms with van der Waals surface area (Å²) in [5.41, 5.74) is 4.62. The minimum absolute atomic E-state index is 0.299. The Bertz CT molecular complexity index is 1090. The molecule has 0 bridgehead atoms. The zero-order valence-electron chi connectivity index (χ0n) is 16.1. The minimum Gasteiger partial charge on any atom is -0.381 e. The van der Waals surface area contributed by atoms with Crippen molar-refractivity contribution in [2.24, 2.45) is 0 Å². The molecule has 2 aliphatic heterocycles. The molecule has 1 fully saturated rings. The number of carbonyl (C=O) groups excluding carboxylic acids is 2. The fraction of sp³-hybridized carbons (Fsp3) is 0.364. The predicted octanol–water partition coefficient (Wildman–Crippen LogP) is 2.78. The Hall–Kier alpha value is -3.06. The first kappa shape index (κ1) is 18.0. The zero-order chi connectivity index (χ0) is 19.8. The Kier molecular flexibility index (Phi) is 4.60. The van der Waals surface area contributed by atoms with Gasteiger partial charge in [0.05, 0.1) is 11.7 Å². The molecular formula is C22H22N4O3. The quantitative estimate of drug-likeness (QED) is 0.640. The van der Waals surface area contributed by atoms with E-state index in [9.17, 15) is 9.59 Å². The van der Waals surface area contributed by atoms with Gasteiger partial charge in [0, 0.05) is 72.9 Å². The van der Waals surface area contributed by atoms with Crippen molar-refractivity contribution in [2.45, 2.75) is 31.8 Å². The second-order valence-electron chi connectivity index (χ2n) is 7.67. The number of pyridine rings is 1. The van der Waals surface area contributed by atoms with Crippen LogP contribution < -0.4 is 0 Å². The highest BCUT2D eigenvalue weighted by Gasteiger charge is 2.29. The number of amides is 1. The lowest BCUT2D eigenvalue weighted by Crippen LogP contribution is -2.31. The third-order valence-electron chi connectivity index (χ3n) is 5.97. The number of benzene rings is 1. The molecule has 0 saturated carbocycles. The van der Waals surface area contributed by atoms with E-state index in [2.05, 4.69) is 9.67 Å². The average molecular weight is 390 g/mol. The lowest BCUT2D eigenvalue weighted by Gasteiger charge is -2.28. The van der Waals surface area contributed by atoms with Gasteiger partial charge in [-0.25, -0.2) is 0 Å². The molecular weight excluding hydrogens is 368 g/mol. The Labute approximate surface area is 168 Å². The summed E-state index contributed by atoms with van der Waals surface area (Å²) in [6, 6.07) is 5.96. The Morgan fingerprint density at radius 3 is 2.83 bits per heavy atom. The number of hydrogen-bond acceptors (Lipinski definition) is 5. The van der Waals surface area contributed by atoms with Crippen LogP contribution in [0.25, 0.3) is 22.0 Å². The third-order valence-corrected chi connectivity index (χ3v) is 5.97. The molecule has 2 aliphatic rings. The van der Waals surface area contributed by atoms with Crippen LogP contribution in [0.2, 0.25) is 0 Å². The summed E-state index contributed by atoms with van der Waals surface area (Å²) < 4.78 is 7.69. The van der Waals surface area contributed by atoms with Crippen molar-refractivity contribution in [3.05, 3.63) is 47.4 Å². The number of nitrogens with zero attached hydrogens (tertiary/aromatic N) is 4. The third kappa shape index (κ3) is 3.11. The molecule has 0 unspecified atom stereocenters. The number of carbonyl (C=O) groups is 2. The maximum Gasteiger partial charge on any atom is 0.210 e. The fourth-order valence-corrected chi connectivity index (χ4v) is 4.49. The molecule has 0 spiro atoms. The molecule has 0 atom stereocenters. The maximum atomic E-state index is 11.6. The number of aromatic nitrogens is 3. The van der Waals surface area contributed by atoms with Crippen LogP contribution in [0.4, 0.5) is 0 Å². The molecule has 7 nitrogen and oxygen atoms in total. The molecule has 4 heterocycles. The highest BCUT2D eigenvalue weighted by atomic mass is 16.5. The lowest BCUT2D eigenvalue weighted by molar-refractivity contribution is -0.118. The summed E-state index contributed by atoms with van der Waals surface area (Å²) in [5, 5.41) is 6.97. The standard InChI is InChI=1S/C22H22N4O3/c27-13-15-9-16-1-5-23-11-19(16)18(10-15)22-20-12-25(14-28)6-2-21(20)26(24-22)17-3-7-29-8-4-17/h1,5,9-11,13-14,17H,2-4,6-8,12H2. The van der Waals surface area contributed by atoms with Crippen molar-refractivity contribution in [2.75, 3.05) is 19.8 Å². The monoisotopic (exact) mass is 390 g/mol. The van der Waals surface area contributed by atoms with Crippen molar-refractivity contribution in [1.29, 1.82) is 0 Å². The number of ether oxygens (including phenoxy) is 1. The van der Waals surface area contributed by atoms with E-state index in [1.807, 2.05) is 24.4 Å². The van der Waals surface area contributed by atoms with E-state index in [1.165, 1.54) is 5.69 Å². The van der Waals surface area contributed by atoms with Gasteiger partial charge in [-0.3, -0.25) is 19.3 Å². The summed E-state index contributed by atoms with van der Waals surface area (Å²) in [5.74, 6) is 0. The largest absolute Gasteiger partial charge is 0.381 e. The van der Waals surface area contributed by atoms with E-state index in [1.54, 1.807) is 11.1 Å². The van der Waals surface area contributed by atoms with Gasteiger partial charge in [0.25, 0.3) is 0 Å². The smallest absolute Gasteiger partial charge is 0.210 e. The molecule has 0 aliphatic carbocycles. The van der Waals surface area contributed by atoms with E-state index in [-0.39, 0.29) is 0 Å². The van der Waals surface area contributed by atoms with Gasteiger partial charge in [0.2, 0.25) is 6.41 Å². The molecule has 0 radical (unpaired) electrons. The molecule has 29 heavy (non-hydrogen) atoms. The van der Waals surface area contributed by atoms with Gasteiger partial charge in [-0.15, -0.1) is 0 Å². The Balaban J connectivity index is 1.73. The lowest BCUT2D eigenvalue weighted by atomic mass is 9.96. The van der Waals surface area contributed by atoms with Crippen molar-refractivity contribution < 1.29 is 14.3 Å². The number of rotatable bonds is 4. The second-order valence-corrected chi connectivity index (χ2v) is 7.67. The Morgan fingerprint density at radius 2 is 2.03 bits per heavy atom. The van der Waals surface area contributed by atoms with E-state index in [4.69, 9.17) is 9.84 Å². The van der Waals surface area contributed by atoms with Crippen LogP contribution in [0.15, 0.2) is 30.6 Å². The summed E-state index contributed by atoms with van der Waals surface area (Å²) in [6.07, 6.45) is 7.96. The first-order chi connectivity index (χ1) is 14.3. The normalized spacial score (nSPS) is 17.3. The van der Waals surface area contributed by atoms with Gasteiger partial charge in [-0.2, -0.15) is 5.10 Å². The molecule has 1 amide bonds. The number of aldehydes is 1. The molecule has 3 aromatic rings. The van der Waals surface area contributed by atoms with Crippen LogP contribution in [-0.2, 0) is 22.5 Å². The van der Waals surface area contributed by atoms with Crippen LogP contribution >= 0.6 is 0 Å². The first-order valence-electron chi connectivity index (χ1n) is 9.99. The van der Waals surface area contributed by atoms with E-state index >= 15 is 0 Å². The van der Waals surface area contributed by atoms with Gasteiger partial charge >= 0.3 is 0 Å². The zero-order valence-corrected chi connectivity index (χ0v) is 16.1. The molecule has 7 heteroatoms. The fourth-order valence-electron chi connectivity index (χ4n) is 4.49. The van der Waals surface area contributed by atoms with Crippen LogP contribution in [0.1, 0.15) is 40.5 Å². The summed E-state index contributed by atoms with van der Waals surface area (Å²) in [7, 11) is 0. The van der Waals surface area contributed by atoms with Crippen molar-refractivity contribution in [1.82, 2.24) is 19.7 Å². The molecule has 2 aromatic heterocycles. The number of fused-ring (bicyclic) bond motifs is 2. The van der Waals surface area contributed by atoms with Gasteiger partial charge < -0.3 is 9.64 Å².